The number of hydrogen-bond acceptors (Lipinski definition) is 1. The van der Waals surface area contributed by atoms with Gasteiger partial charge >= 0.3 is 119 Å². The maximum absolute atomic E-state index is 12.6. The fourth-order valence-electron chi connectivity index (χ4n) is 1.48. The van der Waals surface area contributed by atoms with Gasteiger partial charge in [-0.05, 0) is 0 Å². The van der Waals surface area contributed by atoms with Crippen molar-refractivity contribution in [2.45, 2.75) is 6.18 Å². The second kappa shape index (κ2) is 5.81. The number of benzene rings is 2. The minimum absolute atomic E-state index is 0.585. The van der Waals surface area contributed by atoms with Crippen molar-refractivity contribution < 1.29 is 39.1 Å². The molecule has 0 amide bonds. The zero-order valence-corrected chi connectivity index (χ0v) is 12.2. The van der Waals surface area contributed by atoms with Crippen LogP contribution in [0.1, 0.15) is 5.56 Å². The van der Waals surface area contributed by atoms with Crippen LogP contribution in [0, 0.1) is 7.14 Å². The molecule has 0 aliphatic rings. The second-order valence-electron chi connectivity index (χ2n) is 3.76. The first-order valence-electron chi connectivity index (χ1n) is 5.45. The molecular weight excluding hydrogens is 368 g/mol. The van der Waals surface area contributed by atoms with Crippen LogP contribution in [0.4, 0.5) is 13.2 Å². The van der Waals surface area contributed by atoms with E-state index in [9.17, 15) is 13.2 Å². The molecule has 0 saturated heterocycles. The molecule has 0 radical (unpaired) electrons. The molecule has 2 aromatic rings. The van der Waals surface area contributed by atoms with Crippen LogP contribution < -0.4 is 25.9 Å². The topological polar surface area (TPSA) is 9.23 Å². The van der Waals surface area contributed by atoms with Crippen molar-refractivity contribution in [1.29, 1.82) is 0 Å². The summed E-state index contributed by atoms with van der Waals surface area (Å²) in [6.45, 7) is 0. The Morgan fingerprint density at radius 1 is 0.947 bits per heavy atom. The molecule has 0 saturated carbocycles. The second-order valence-corrected chi connectivity index (χ2v) is 6.79. The van der Waals surface area contributed by atoms with Gasteiger partial charge in [-0.2, -0.15) is 0 Å². The summed E-state index contributed by atoms with van der Waals surface area (Å²) in [6, 6.07) is 13.0. The third-order valence-corrected chi connectivity index (χ3v) is 5.06. The van der Waals surface area contributed by atoms with Crippen molar-refractivity contribution in [2.75, 3.05) is 7.11 Å². The van der Waals surface area contributed by atoms with E-state index in [4.69, 9.17) is 4.74 Å². The molecule has 102 valence electrons. The van der Waals surface area contributed by atoms with Gasteiger partial charge in [-0.3, -0.25) is 0 Å². The first kappa shape index (κ1) is 14.2. The molecule has 0 aliphatic carbocycles. The summed E-state index contributed by atoms with van der Waals surface area (Å²) in [6.07, 6.45) is -4.28. The van der Waals surface area contributed by atoms with Crippen molar-refractivity contribution in [3.8, 4) is 5.75 Å². The Labute approximate surface area is 119 Å². The van der Waals surface area contributed by atoms with Crippen LogP contribution in [-0.2, 0) is 6.18 Å². The SMILES string of the molecule is COc1ccc([I-]c2cccc(C(F)(F)F)c2)cc1. The van der Waals surface area contributed by atoms with Crippen LogP contribution in [0.5, 0.6) is 5.75 Å². The number of ether oxygens (including phenoxy) is 1. The first-order valence-corrected chi connectivity index (χ1v) is 7.61. The fraction of sp³-hybridized carbons (Fsp3) is 0.143. The third kappa shape index (κ3) is 3.86. The number of halogens is 4. The van der Waals surface area contributed by atoms with Gasteiger partial charge in [0, 0.05) is 0 Å². The van der Waals surface area contributed by atoms with Crippen molar-refractivity contribution in [1.82, 2.24) is 0 Å². The molecule has 0 N–H and O–H groups in total. The Kier molecular flexibility index (Phi) is 4.34. The van der Waals surface area contributed by atoms with E-state index in [1.54, 1.807) is 13.2 Å². The minimum atomic E-state index is -4.28. The number of hydrogen-bond donors (Lipinski definition) is 0. The quantitative estimate of drug-likeness (QED) is 0.719. The summed E-state index contributed by atoms with van der Waals surface area (Å²) < 4.78 is 44.7. The van der Waals surface area contributed by atoms with Crippen LogP contribution in [-0.4, -0.2) is 7.11 Å². The molecule has 19 heavy (non-hydrogen) atoms. The standard InChI is InChI=1S/C14H11F3IO/c1-19-13-7-5-11(6-8-13)18-12-4-2-3-10(9-12)14(15,16)17/h2-9H,1H3/q-1. The summed E-state index contributed by atoms with van der Waals surface area (Å²) >= 11 is -0.610. The van der Waals surface area contributed by atoms with Gasteiger partial charge in [-0.15, -0.1) is 0 Å². The van der Waals surface area contributed by atoms with Crippen molar-refractivity contribution in [2.24, 2.45) is 0 Å². The van der Waals surface area contributed by atoms with E-state index in [2.05, 4.69) is 0 Å². The van der Waals surface area contributed by atoms with E-state index in [1.165, 1.54) is 12.1 Å². The Balaban J connectivity index is 2.18. The number of alkyl halides is 3. The Morgan fingerprint density at radius 3 is 2.21 bits per heavy atom. The molecule has 5 heteroatoms. The van der Waals surface area contributed by atoms with E-state index in [0.29, 0.717) is 0 Å². The molecule has 2 aromatic carbocycles. The van der Waals surface area contributed by atoms with Crippen LogP contribution in [0.3, 0.4) is 0 Å². The van der Waals surface area contributed by atoms with Gasteiger partial charge in [-0.1, -0.05) is 0 Å². The number of rotatable bonds is 3. The zero-order valence-electron chi connectivity index (χ0n) is 10.0. The predicted molar refractivity (Wildman–Crippen MR) is 61.8 cm³/mol. The average Bonchev–Trinajstić information content (AvgIpc) is 2.39. The molecule has 0 bridgehead atoms. The molecule has 0 heterocycles. The van der Waals surface area contributed by atoms with Gasteiger partial charge < -0.3 is 0 Å². The zero-order chi connectivity index (χ0) is 13.9. The molecule has 1 nitrogen and oxygen atoms in total. The molecule has 0 unspecified atom stereocenters. The monoisotopic (exact) mass is 379 g/mol. The van der Waals surface area contributed by atoms with Gasteiger partial charge in [-0.25, -0.2) is 0 Å². The van der Waals surface area contributed by atoms with Crippen molar-refractivity contribution in [3.63, 3.8) is 0 Å². The van der Waals surface area contributed by atoms with E-state index in [1.807, 2.05) is 24.3 Å². The maximum atomic E-state index is 12.6. The molecule has 0 aromatic heterocycles. The van der Waals surface area contributed by atoms with E-state index >= 15 is 0 Å². The van der Waals surface area contributed by atoms with Crippen LogP contribution in [0.2, 0.25) is 0 Å². The molecule has 2 rings (SSSR count). The average molecular weight is 379 g/mol. The predicted octanol–water partition coefficient (Wildman–Crippen LogP) is 0.842. The van der Waals surface area contributed by atoms with Gasteiger partial charge in [0.25, 0.3) is 0 Å². The summed E-state index contributed by atoms with van der Waals surface area (Å²) in [4.78, 5) is 0. The van der Waals surface area contributed by atoms with Gasteiger partial charge in [0.1, 0.15) is 0 Å². The fourth-order valence-corrected chi connectivity index (χ4v) is 3.80. The van der Waals surface area contributed by atoms with Crippen LogP contribution in [0.15, 0.2) is 48.5 Å². The van der Waals surface area contributed by atoms with Crippen LogP contribution in [0.25, 0.3) is 0 Å². The summed E-state index contributed by atoms with van der Waals surface area (Å²) in [5.41, 5.74) is -0.585. The van der Waals surface area contributed by atoms with Crippen molar-refractivity contribution in [3.05, 3.63) is 61.2 Å². The summed E-state index contributed by atoms with van der Waals surface area (Å²) in [5, 5.41) is 0. The first-order chi connectivity index (χ1) is 8.99. The molecule has 0 atom stereocenters. The van der Waals surface area contributed by atoms with E-state index in [0.717, 1.165) is 19.0 Å². The van der Waals surface area contributed by atoms with Gasteiger partial charge in [0.15, 0.2) is 0 Å². The molecular formula is C14H11F3IO-. The Hall–Kier alpha value is -1.24. The third-order valence-electron chi connectivity index (χ3n) is 2.42. The normalized spacial score (nSPS) is 11.6. The number of methoxy groups -OCH3 is 1. The summed E-state index contributed by atoms with van der Waals surface area (Å²) in [7, 11) is 1.58. The summed E-state index contributed by atoms with van der Waals surface area (Å²) in [5.74, 6) is 0.747. The van der Waals surface area contributed by atoms with Gasteiger partial charge in [0.05, 0.1) is 0 Å². The molecule has 0 spiro atoms. The van der Waals surface area contributed by atoms with Crippen molar-refractivity contribution >= 4 is 0 Å². The van der Waals surface area contributed by atoms with E-state index < -0.39 is 32.9 Å². The Bertz CT molecular complexity index is 549. The Morgan fingerprint density at radius 2 is 1.63 bits per heavy atom. The molecule has 0 aliphatic heterocycles. The van der Waals surface area contributed by atoms with Crippen LogP contribution >= 0.6 is 0 Å². The van der Waals surface area contributed by atoms with Gasteiger partial charge in [0.2, 0.25) is 0 Å². The van der Waals surface area contributed by atoms with E-state index in [-0.39, 0.29) is 0 Å². The molecule has 0 fully saturated rings.